The number of allylic oxidation sites excluding steroid dienone is 1. The minimum atomic E-state index is -0.214. The van der Waals surface area contributed by atoms with Crippen molar-refractivity contribution in [1.29, 1.82) is 0 Å². The van der Waals surface area contributed by atoms with Crippen molar-refractivity contribution in [2.75, 3.05) is 5.32 Å². The van der Waals surface area contributed by atoms with Gasteiger partial charge in [-0.2, -0.15) is 0 Å². The van der Waals surface area contributed by atoms with Crippen LogP contribution in [0, 0.1) is 0 Å². The molecule has 1 heterocycles. The van der Waals surface area contributed by atoms with Gasteiger partial charge in [0.1, 0.15) is 6.29 Å². The number of carbonyl (C=O) groups is 2. The van der Waals surface area contributed by atoms with Crippen LogP contribution >= 0.6 is 0 Å². The van der Waals surface area contributed by atoms with Gasteiger partial charge in [-0.3, -0.25) is 14.6 Å². The summed E-state index contributed by atoms with van der Waals surface area (Å²) < 4.78 is 0. The number of nitrogens with zero attached hydrogens (tertiary/aromatic N) is 1. The molecule has 0 saturated heterocycles. The molecular formula is C15H12N2O2. The van der Waals surface area contributed by atoms with Crippen molar-refractivity contribution in [2.24, 2.45) is 0 Å². The predicted molar refractivity (Wildman–Crippen MR) is 73.7 cm³/mol. The number of nitrogens with one attached hydrogen (secondary N) is 1. The summed E-state index contributed by atoms with van der Waals surface area (Å²) >= 11 is 0. The van der Waals surface area contributed by atoms with Gasteiger partial charge in [0, 0.05) is 11.8 Å². The molecule has 4 heteroatoms. The third-order valence-corrected chi connectivity index (χ3v) is 2.44. The molecule has 0 saturated carbocycles. The summed E-state index contributed by atoms with van der Waals surface area (Å²) in [4.78, 5) is 26.2. The maximum atomic E-state index is 12.0. The number of anilines is 1. The standard InChI is InChI=1S/C15H12N2O2/c18-9-3-5-12-4-1-6-13(10-12)15(19)17-14-7-2-8-16-11-14/h1-11H,(H,17,19). The fourth-order valence-corrected chi connectivity index (χ4v) is 1.57. The van der Waals surface area contributed by atoms with Gasteiger partial charge in [-0.15, -0.1) is 0 Å². The summed E-state index contributed by atoms with van der Waals surface area (Å²) in [5.74, 6) is -0.214. The lowest BCUT2D eigenvalue weighted by Gasteiger charge is -2.05. The molecule has 0 bridgehead atoms. The first kappa shape index (κ1) is 12.7. The van der Waals surface area contributed by atoms with Crippen molar-refractivity contribution in [3.63, 3.8) is 0 Å². The Kier molecular flexibility index (Phi) is 4.18. The Morgan fingerprint density at radius 2 is 2.11 bits per heavy atom. The molecule has 2 rings (SSSR count). The van der Waals surface area contributed by atoms with Crippen LogP contribution in [-0.4, -0.2) is 17.2 Å². The van der Waals surface area contributed by atoms with E-state index in [1.807, 2.05) is 6.07 Å². The smallest absolute Gasteiger partial charge is 0.255 e. The molecule has 0 aliphatic rings. The number of rotatable bonds is 4. The summed E-state index contributed by atoms with van der Waals surface area (Å²) in [7, 11) is 0. The fraction of sp³-hybridized carbons (Fsp3) is 0. The summed E-state index contributed by atoms with van der Waals surface area (Å²) in [5, 5.41) is 2.75. The molecule has 1 N–H and O–H groups in total. The Morgan fingerprint density at radius 3 is 2.84 bits per heavy atom. The lowest BCUT2D eigenvalue weighted by Crippen LogP contribution is -2.11. The van der Waals surface area contributed by atoms with Crippen molar-refractivity contribution in [3.8, 4) is 0 Å². The van der Waals surface area contributed by atoms with Crippen LogP contribution in [0.25, 0.3) is 6.08 Å². The summed E-state index contributed by atoms with van der Waals surface area (Å²) in [6.07, 6.45) is 6.95. The second kappa shape index (κ2) is 6.26. The van der Waals surface area contributed by atoms with Gasteiger partial charge in [-0.1, -0.05) is 18.2 Å². The Labute approximate surface area is 110 Å². The average molecular weight is 252 g/mol. The van der Waals surface area contributed by atoms with Crippen LogP contribution in [0.1, 0.15) is 15.9 Å². The second-order valence-corrected chi connectivity index (χ2v) is 3.82. The molecule has 0 aliphatic carbocycles. The number of aldehydes is 1. The van der Waals surface area contributed by atoms with Crippen LogP contribution in [0.2, 0.25) is 0 Å². The Morgan fingerprint density at radius 1 is 1.21 bits per heavy atom. The van der Waals surface area contributed by atoms with Crippen LogP contribution in [0.15, 0.2) is 54.9 Å². The van der Waals surface area contributed by atoms with Crippen molar-refractivity contribution in [3.05, 3.63) is 66.0 Å². The molecule has 0 atom stereocenters. The molecule has 1 aromatic heterocycles. The highest BCUT2D eigenvalue weighted by atomic mass is 16.1. The lowest BCUT2D eigenvalue weighted by atomic mass is 10.1. The van der Waals surface area contributed by atoms with Gasteiger partial charge >= 0.3 is 0 Å². The molecule has 1 aromatic carbocycles. The Balaban J connectivity index is 2.15. The normalized spacial score (nSPS) is 10.3. The van der Waals surface area contributed by atoms with E-state index in [1.165, 1.54) is 6.08 Å². The molecule has 0 unspecified atom stereocenters. The minimum Gasteiger partial charge on any atom is -0.321 e. The van der Waals surface area contributed by atoms with E-state index in [4.69, 9.17) is 0 Å². The summed E-state index contributed by atoms with van der Waals surface area (Å²) in [6, 6.07) is 10.5. The molecule has 0 aliphatic heterocycles. The molecule has 1 amide bonds. The SMILES string of the molecule is O=CC=Cc1cccc(C(=O)Nc2cccnc2)c1. The zero-order valence-corrected chi connectivity index (χ0v) is 10.1. The van der Waals surface area contributed by atoms with E-state index in [0.29, 0.717) is 17.5 Å². The van der Waals surface area contributed by atoms with Crippen molar-refractivity contribution >= 4 is 24.0 Å². The van der Waals surface area contributed by atoms with E-state index in [9.17, 15) is 9.59 Å². The minimum absolute atomic E-state index is 0.214. The van der Waals surface area contributed by atoms with E-state index in [2.05, 4.69) is 10.3 Å². The fourth-order valence-electron chi connectivity index (χ4n) is 1.57. The maximum Gasteiger partial charge on any atom is 0.255 e. The molecule has 0 spiro atoms. The number of amides is 1. The van der Waals surface area contributed by atoms with Gasteiger partial charge < -0.3 is 5.32 Å². The van der Waals surface area contributed by atoms with E-state index >= 15 is 0 Å². The van der Waals surface area contributed by atoms with Gasteiger partial charge in [-0.25, -0.2) is 0 Å². The number of benzene rings is 1. The number of carbonyl (C=O) groups excluding carboxylic acids is 2. The van der Waals surface area contributed by atoms with Crippen LogP contribution in [0.3, 0.4) is 0 Å². The van der Waals surface area contributed by atoms with E-state index in [1.54, 1.807) is 48.8 Å². The quantitative estimate of drug-likeness (QED) is 0.672. The van der Waals surface area contributed by atoms with Gasteiger partial charge in [0.05, 0.1) is 11.9 Å². The summed E-state index contributed by atoms with van der Waals surface area (Å²) in [5.41, 5.74) is 1.96. The van der Waals surface area contributed by atoms with Crippen molar-refractivity contribution < 1.29 is 9.59 Å². The zero-order valence-electron chi connectivity index (χ0n) is 10.1. The first-order chi connectivity index (χ1) is 9.29. The molecule has 2 aromatic rings. The zero-order chi connectivity index (χ0) is 13.5. The van der Waals surface area contributed by atoms with Gasteiger partial charge in [0.25, 0.3) is 5.91 Å². The van der Waals surface area contributed by atoms with Crippen LogP contribution < -0.4 is 5.32 Å². The lowest BCUT2D eigenvalue weighted by molar-refractivity contribution is -0.104. The molecular weight excluding hydrogens is 240 g/mol. The highest BCUT2D eigenvalue weighted by Crippen LogP contribution is 2.10. The second-order valence-electron chi connectivity index (χ2n) is 3.82. The van der Waals surface area contributed by atoms with Crippen LogP contribution in [0.4, 0.5) is 5.69 Å². The molecule has 0 fully saturated rings. The Bertz CT molecular complexity index is 607. The van der Waals surface area contributed by atoms with Crippen LogP contribution in [-0.2, 0) is 4.79 Å². The first-order valence-corrected chi connectivity index (χ1v) is 5.73. The largest absolute Gasteiger partial charge is 0.321 e. The molecule has 94 valence electrons. The van der Waals surface area contributed by atoms with Crippen molar-refractivity contribution in [1.82, 2.24) is 4.98 Å². The molecule has 4 nitrogen and oxygen atoms in total. The topological polar surface area (TPSA) is 59.1 Å². The van der Waals surface area contributed by atoms with Gasteiger partial charge in [0.2, 0.25) is 0 Å². The predicted octanol–water partition coefficient (Wildman–Crippen LogP) is 2.55. The van der Waals surface area contributed by atoms with Crippen LogP contribution in [0.5, 0.6) is 0 Å². The Hall–Kier alpha value is -2.75. The first-order valence-electron chi connectivity index (χ1n) is 5.73. The monoisotopic (exact) mass is 252 g/mol. The van der Waals surface area contributed by atoms with Gasteiger partial charge in [0.15, 0.2) is 0 Å². The number of pyridine rings is 1. The third kappa shape index (κ3) is 3.61. The number of hydrogen-bond donors (Lipinski definition) is 1. The third-order valence-electron chi connectivity index (χ3n) is 2.44. The van der Waals surface area contributed by atoms with E-state index < -0.39 is 0 Å². The highest BCUT2D eigenvalue weighted by molar-refractivity contribution is 6.04. The number of aromatic nitrogens is 1. The van der Waals surface area contributed by atoms with Gasteiger partial charge in [-0.05, 0) is 35.9 Å². The summed E-state index contributed by atoms with van der Waals surface area (Å²) in [6.45, 7) is 0. The average Bonchev–Trinajstić information content (AvgIpc) is 2.46. The maximum absolute atomic E-state index is 12.0. The highest BCUT2D eigenvalue weighted by Gasteiger charge is 2.05. The van der Waals surface area contributed by atoms with E-state index in [0.717, 1.165) is 5.56 Å². The van der Waals surface area contributed by atoms with Crippen molar-refractivity contribution in [2.45, 2.75) is 0 Å². The number of hydrogen-bond acceptors (Lipinski definition) is 3. The molecule has 19 heavy (non-hydrogen) atoms. The van der Waals surface area contributed by atoms with E-state index in [-0.39, 0.29) is 5.91 Å². The molecule has 0 radical (unpaired) electrons.